The summed E-state index contributed by atoms with van der Waals surface area (Å²) in [5.41, 5.74) is 0.324. The molecule has 0 aliphatic rings. The Morgan fingerprint density at radius 1 is 1.50 bits per heavy atom. The first kappa shape index (κ1) is 11.3. The molecule has 1 aromatic rings. The van der Waals surface area contributed by atoms with Crippen LogP contribution in [0.25, 0.3) is 0 Å². The quantitative estimate of drug-likeness (QED) is 0.815. The van der Waals surface area contributed by atoms with Gasteiger partial charge in [-0.2, -0.15) is 0 Å². The number of alkyl halides is 2. The SMILES string of the molecule is CC(=O)Cc1cc(Br)ccc1C(F)F. The van der Waals surface area contributed by atoms with Crippen LogP contribution < -0.4 is 0 Å². The van der Waals surface area contributed by atoms with E-state index in [0.29, 0.717) is 10.0 Å². The molecule has 1 aromatic carbocycles. The fourth-order valence-electron chi connectivity index (χ4n) is 1.21. The Labute approximate surface area is 89.3 Å². The molecule has 0 fully saturated rings. The molecular weight excluding hydrogens is 254 g/mol. The molecule has 0 bridgehead atoms. The minimum absolute atomic E-state index is 0.0547. The highest BCUT2D eigenvalue weighted by Crippen LogP contribution is 2.26. The second-order valence-electron chi connectivity index (χ2n) is 3.02. The average Bonchev–Trinajstić information content (AvgIpc) is 2.01. The Balaban J connectivity index is 3.09. The topological polar surface area (TPSA) is 17.1 Å². The molecule has 0 aliphatic heterocycles. The van der Waals surface area contributed by atoms with Crippen molar-refractivity contribution < 1.29 is 13.6 Å². The summed E-state index contributed by atoms with van der Waals surface area (Å²) in [6, 6.07) is 4.45. The third-order valence-electron chi connectivity index (χ3n) is 1.78. The van der Waals surface area contributed by atoms with Gasteiger partial charge in [0.15, 0.2) is 0 Å². The lowest BCUT2D eigenvalue weighted by atomic mass is 10.0. The van der Waals surface area contributed by atoms with Crippen molar-refractivity contribution in [3.05, 3.63) is 33.8 Å². The molecular formula is C10H9BrF2O. The molecule has 0 heterocycles. The molecule has 76 valence electrons. The van der Waals surface area contributed by atoms with Crippen molar-refractivity contribution in [2.24, 2.45) is 0 Å². The van der Waals surface area contributed by atoms with Gasteiger partial charge in [-0.3, -0.25) is 4.79 Å². The largest absolute Gasteiger partial charge is 0.300 e. The first-order valence-corrected chi connectivity index (χ1v) is 4.86. The van der Waals surface area contributed by atoms with Gasteiger partial charge in [-0.25, -0.2) is 8.78 Å². The van der Waals surface area contributed by atoms with Gasteiger partial charge in [-0.05, 0) is 24.6 Å². The zero-order valence-corrected chi connectivity index (χ0v) is 9.14. The van der Waals surface area contributed by atoms with Gasteiger partial charge in [0.2, 0.25) is 0 Å². The second-order valence-corrected chi connectivity index (χ2v) is 3.94. The van der Waals surface area contributed by atoms with Gasteiger partial charge in [-0.1, -0.05) is 22.0 Å². The highest BCUT2D eigenvalue weighted by molar-refractivity contribution is 9.10. The van der Waals surface area contributed by atoms with E-state index in [0.717, 1.165) is 0 Å². The molecule has 0 aromatic heterocycles. The third kappa shape index (κ3) is 2.87. The van der Waals surface area contributed by atoms with E-state index in [-0.39, 0.29) is 17.8 Å². The fourth-order valence-corrected chi connectivity index (χ4v) is 1.62. The second kappa shape index (κ2) is 4.64. The Morgan fingerprint density at radius 3 is 2.64 bits per heavy atom. The van der Waals surface area contributed by atoms with Crippen molar-refractivity contribution in [2.75, 3.05) is 0 Å². The number of Topliss-reactive ketones (excluding diaryl/α,β-unsaturated/α-hetero) is 1. The molecule has 0 atom stereocenters. The molecule has 0 amide bonds. The molecule has 0 unspecified atom stereocenters. The molecule has 0 spiro atoms. The number of hydrogen-bond acceptors (Lipinski definition) is 1. The van der Waals surface area contributed by atoms with Crippen LogP contribution in [0.5, 0.6) is 0 Å². The van der Waals surface area contributed by atoms with E-state index in [4.69, 9.17) is 0 Å². The Kier molecular flexibility index (Phi) is 3.75. The minimum atomic E-state index is -2.53. The summed E-state index contributed by atoms with van der Waals surface area (Å²) in [5, 5.41) is 0. The highest BCUT2D eigenvalue weighted by atomic mass is 79.9. The summed E-state index contributed by atoms with van der Waals surface area (Å²) in [6.07, 6.45) is -2.48. The van der Waals surface area contributed by atoms with Crippen molar-refractivity contribution >= 4 is 21.7 Å². The maximum Gasteiger partial charge on any atom is 0.264 e. The lowest BCUT2D eigenvalue weighted by Crippen LogP contribution is -2.01. The summed E-state index contributed by atoms with van der Waals surface area (Å²) in [5.74, 6) is -0.120. The number of rotatable bonds is 3. The summed E-state index contributed by atoms with van der Waals surface area (Å²) >= 11 is 3.18. The maximum absolute atomic E-state index is 12.5. The van der Waals surface area contributed by atoms with E-state index >= 15 is 0 Å². The molecule has 0 saturated carbocycles. The zero-order chi connectivity index (χ0) is 10.7. The fraction of sp³-hybridized carbons (Fsp3) is 0.300. The van der Waals surface area contributed by atoms with Gasteiger partial charge in [-0.15, -0.1) is 0 Å². The third-order valence-corrected chi connectivity index (χ3v) is 2.27. The van der Waals surface area contributed by atoms with Crippen LogP contribution in [0.4, 0.5) is 8.78 Å². The van der Waals surface area contributed by atoms with Gasteiger partial charge >= 0.3 is 0 Å². The predicted molar refractivity (Wildman–Crippen MR) is 53.5 cm³/mol. The molecule has 0 radical (unpaired) electrons. The van der Waals surface area contributed by atoms with E-state index in [2.05, 4.69) is 15.9 Å². The summed E-state index contributed by atoms with van der Waals surface area (Å²) in [6.45, 7) is 1.39. The van der Waals surface area contributed by atoms with Crippen LogP contribution in [0.15, 0.2) is 22.7 Å². The van der Waals surface area contributed by atoms with Gasteiger partial charge < -0.3 is 0 Å². The minimum Gasteiger partial charge on any atom is -0.300 e. The normalized spacial score (nSPS) is 10.6. The van der Waals surface area contributed by atoms with Crippen LogP contribution in [-0.4, -0.2) is 5.78 Å². The van der Waals surface area contributed by atoms with Gasteiger partial charge in [0, 0.05) is 16.5 Å². The van der Waals surface area contributed by atoms with Crippen LogP contribution in [0.2, 0.25) is 0 Å². The number of benzene rings is 1. The molecule has 4 heteroatoms. The number of halogens is 3. The lowest BCUT2D eigenvalue weighted by molar-refractivity contribution is -0.116. The molecule has 0 N–H and O–H groups in total. The standard InChI is InChI=1S/C10H9BrF2O/c1-6(14)4-7-5-8(11)2-3-9(7)10(12)13/h2-3,5,10H,4H2,1H3. The van der Waals surface area contributed by atoms with Crippen molar-refractivity contribution in [2.45, 2.75) is 19.8 Å². The van der Waals surface area contributed by atoms with Crippen molar-refractivity contribution in [1.29, 1.82) is 0 Å². The smallest absolute Gasteiger partial charge is 0.264 e. The predicted octanol–water partition coefficient (Wildman–Crippen LogP) is 3.52. The lowest BCUT2D eigenvalue weighted by Gasteiger charge is -2.07. The van der Waals surface area contributed by atoms with Crippen LogP contribution in [0.3, 0.4) is 0 Å². The number of carbonyl (C=O) groups excluding carboxylic acids is 1. The number of hydrogen-bond donors (Lipinski definition) is 0. The monoisotopic (exact) mass is 262 g/mol. The molecule has 14 heavy (non-hydrogen) atoms. The van der Waals surface area contributed by atoms with Crippen LogP contribution in [-0.2, 0) is 11.2 Å². The van der Waals surface area contributed by atoms with Gasteiger partial charge in [0.05, 0.1) is 0 Å². The maximum atomic E-state index is 12.5. The summed E-state index contributed by atoms with van der Waals surface area (Å²) in [7, 11) is 0. The number of carbonyl (C=O) groups is 1. The van der Waals surface area contributed by atoms with E-state index < -0.39 is 6.43 Å². The van der Waals surface area contributed by atoms with Crippen LogP contribution in [0, 0.1) is 0 Å². The first-order valence-electron chi connectivity index (χ1n) is 4.06. The molecule has 1 rings (SSSR count). The molecule has 0 aliphatic carbocycles. The van der Waals surface area contributed by atoms with Crippen molar-refractivity contribution in [1.82, 2.24) is 0 Å². The van der Waals surface area contributed by atoms with Crippen LogP contribution >= 0.6 is 15.9 Å². The van der Waals surface area contributed by atoms with Crippen molar-refractivity contribution in [3.63, 3.8) is 0 Å². The van der Waals surface area contributed by atoms with Gasteiger partial charge in [0.1, 0.15) is 5.78 Å². The summed E-state index contributed by atoms with van der Waals surface area (Å²) in [4.78, 5) is 10.8. The van der Waals surface area contributed by atoms with Gasteiger partial charge in [0.25, 0.3) is 6.43 Å². The van der Waals surface area contributed by atoms with E-state index in [1.54, 1.807) is 12.1 Å². The Hall–Kier alpha value is -0.770. The van der Waals surface area contributed by atoms with Crippen LogP contribution in [0.1, 0.15) is 24.5 Å². The molecule has 0 saturated heterocycles. The van der Waals surface area contributed by atoms with E-state index in [9.17, 15) is 13.6 Å². The van der Waals surface area contributed by atoms with Crippen molar-refractivity contribution in [3.8, 4) is 0 Å². The van der Waals surface area contributed by atoms with E-state index in [1.807, 2.05) is 0 Å². The highest BCUT2D eigenvalue weighted by Gasteiger charge is 2.13. The Bertz CT molecular complexity index is 350. The first-order chi connectivity index (χ1) is 6.50. The average molecular weight is 263 g/mol. The summed E-state index contributed by atoms with van der Waals surface area (Å²) < 4.78 is 25.7. The van der Waals surface area contributed by atoms with E-state index in [1.165, 1.54) is 13.0 Å². The zero-order valence-electron chi connectivity index (χ0n) is 7.56. The molecule has 1 nitrogen and oxygen atoms in total. The Morgan fingerprint density at radius 2 is 2.14 bits per heavy atom. The number of ketones is 1.